The van der Waals surface area contributed by atoms with E-state index < -0.39 is 0 Å². The number of nitrogens with zero attached hydrogens (tertiary/aromatic N) is 5. The lowest BCUT2D eigenvalue weighted by Gasteiger charge is -2.22. The Morgan fingerprint density at radius 1 is 1.32 bits per heavy atom. The average molecular weight is 299 g/mol. The molecule has 116 valence electrons. The third-order valence-corrected chi connectivity index (χ3v) is 4.09. The first kappa shape index (κ1) is 14.7. The molecule has 0 spiro atoms. The summed E-state index contributed by atoms with van der Waals surface area (Å²) < 4.78 is 1.93. The van der Waals surface area contributed by atoms with E-state index in [-0.39, 0.29) is 18.0 Å². The van der Waals surface area contributed by atoms with Crippen molar-refractivity contribution in [1.29, 1.82) is 0 Å². The topological polar surface area (TPSA) is 63.9 Å². The van der Waals surface area contributed by atoms with Gasteiger partial charge in [0.15, 0.2) is 0 Å². The SMILES string of the molecule is CC(=O)N1CCC[C@@H]1c1cnc(-c2ccnn2C(C)C)cn1. The lowest BCUT2D eigenvalue weighted by atomic mass is 10.1. The van der Waals surface area contributed by atoms with E-state index in [1.807, 2.05) is 15.6 Å². The fraction of sp³-hybridized carbons (Fsp3) is 0.500. The molecule has 0 aromatic carbocycles. The first-order chi connectivity index (χ1) is 10.6. The van der Waals surface area contributed by atoms with Crippen LogP contribution in [0.15, 0.2) is 24.7 Å². The maximum Gasteiger partial charge on any atom is 0.220 e. The summed E-state index contributed by atoms with van der Waals surface area (Å²) in [5, 5.41) is 4.32. The van der Waals surface area contributed by atoms with Crippen LogP contribution in [0.4, 0.5) is 0 Å². The summed E-state index contributed by atoms with van der Waals surface area (Å²) in [7, 11) is 0. The first-order valence-corrected chi connectivity index (χ1v) is 7.71. The van der Waals surface area contributed by atoms with Gasteiger partial charge in [-0.15, -0.1) is 0 Å². The zero-order chi connectivity index (χ0) is 15.7. The van der Waals surface area contributed by atoms with Crippen LogP contribution in [-0.2, 0) is 4.79 Å². The molecule has 1 amide bonds. The molecular formula is C16H21N5O. The summed E-state index contributed by atoms with van der Waals surface area (Å²) in [6.07, 6.45) is 7.32. The largest absolute Gasteiger partial charge is 0.334 e. The molecule has 0 radical (unpaired) electrons. The number of hydrogen-bond acceptors (Lipinski definition) is 4. The predicted octanol–water partition coefficient (Wildman–Crippen LogP) is 2.60. The van der Waals surface area contributed by atoms with Gasteiger partial charge >= 0.3 is 0 Å². The molecule has 0 aliphatic carbocycles. The molecule has 1 aliphatic heterocycles. The molecule has 1 aliphatic rings. The van der Waals surface area contributed by atoms with Crippen LogP contribution in [-0.4, -0.2) is 37.1 Å². The van der Waals surface area contributed by atoms with Gasteiger partial charge < -0.3 is 4.90 Å². The fourth-order valence-corrected chi connectivity index (χ4v) is 3.02. The molecular weight excluding hydrogens is 278 g/mol. The number of hydrogen-bond donors (Lipinski definition) is 0. The average Bonchev–Trinajstić information content (AvgIpc) is 3.16. The lowest BCUT2D eigenvalue weighted by Crippen LogP contribution is -2.28. The van der Waals surface area contributed by atoms with Crippen LogP contribution in [0.1, 0.15) is 51.4 Å². The van der Waals surface area contributed by atoms with Gasteiger partial charge in [0, 0.05) is 25.7 Å². The normalized spacial score (nSPS) is 18.2. The molecule has 6 heteroatoms. The highest BCUT2D eigenvalue weighted by molar-refractivity contribution is 5.74. The molecule has 1 saturated heterocycles. The summed E-state index contributed by atoms with van der Waals surface area (Å²) in [6.45, 7) is 6.59. The molecule has 2 aromatic rings. The molecule has 0 N–H and O–H groups in total. The van der Waals surface area contributed by atoms with Gasteiger partial charge in [-0.1, -0.05) is 0 Å². The lowest BCUT2D eigenvalue weighted by molar-refractivity contribution is -0.129. The minimum atomic E-state index is 0.0639. The Hall–Kier alpha value is -2.24. The van der Waals surface area contributed by atoms with Crippen molar-refractivity contribution in [2.45, 2.75) is 45.7 Å². The second kappa shape index (κ2) is 5.87. The minimum Gasteiger partial charge on any atom is -0.334 e. The Balaban J connectivity index is 1.87. The third-order valence-electron chi connectivity index (χ3n) is 4.09. The van der Waals surface area contributed by atoms with Gasteiger partial charge in [0.1, 0.15) is 5.69 Å². The molecule has 2 aromatic heterocycles. The Morgan fingerprint density at radius 2 is 2.14 bits per heavy atom. The quantitative estimate of drug-likeness (QED) is 0.874. The fourth-order valence-electron chi connectivity index (χ4n) is 3.02. The van der Waals surface area contributed by atoms with Gasteiger partial charge in [-0.25, -0.2) is 0 Å². The van der Waals surface area contributed by atoms with Crippen molar-refractivity contribution < 1.29 is 4.79 Å². The number of rotatable bonds is 3. The summed E-state index contributed by atoms with van der Waals surface area (Å²) in [6, 6.07) is 2.28. The highest BCUT2D eigenvalue weighted by Gasteiger charge is 2.29. The van der Waals surface area contributed by atoms with Crippen LogP contribution < -0.4 is 0 Å². The maximum atomic E-state index is 11.7. The van der Waals surface area contributed by atoms with E-state index in [2.05, 4.69) is 28.9 Å². The number of likely N-dealkylation sites (tertiary alicyclic amines) is 1. The smallest absolute Gasteiger partial charge is 0.220 e. The van der Waals surface area contributed by atoms with Crippen molar-refractivity contribution in [3.8, 4) is 11.4 Å². The molecule has 0 saturated carbocycles. The number of carbonyl (C=O) groups is 1. The van der Waals surface area contributed by atoms with Crippen LogP contribution in [0.25, 0.3) is 11.4 Å². The van der Waals surface area contributed by atoms with E-state index >= 15 is 0 Å². The highest BCUT2D eigenvalue weighted by Crippen LogP contribution is 2.31. The molecule has 1 fully saturated rings. The minimum absolute atomic E-state index is 0.0639. The number of amides is 1. The summed E-state index contributed by atoms with van der Waals surface area (Å²) in [4.78, 5) is 22.6. The monoisotopic (exact) mass is 299 g/mol. The Morgan fingerprint density at radius 3 is 2.77 bits per heavy atom. The molecule has 3 heterocycles. The van der Waals surface area contributed by atoms with Crippen LogP contribution in [0.5, 0.6) is 0 Å². The molecule has 6 nitrogen and oxygen atoms in total. The van der Waals surface area contributed by atoms with Crippen LogP contribution >= 0.6 is 0 Å². The van der Waals surface area contributed by atoms with E-state index in [4.69, 9.17) is 0 Å². The van der Waals surface area contributed by atoms with E-state index in [0.29, 0.717) is 0 Å². The van der Waals surface area contributed by atoms with Crippen molar-refractivity contribution >= 4 is 5.91 Å². The molecule has 3 rings (SSSR count). The first-order valence-electron chi connectivity index (χ1n) is 7.71. The van der Waals surface area contributed by atoms with Crippen LogP contribution in [0, 0.1) is 0 Å². The Kier molecular flexibility index (Phi) is 3.92. The maximum absolute atomic E-state index is 11.7. The summed E-state index contributed by atoms with van der Waals surface area (Å²) in [5.74, 6) is 0.103. The van der Waals surface area contributed by atoms with Crippen molar-refractivity contribution in [2.75, 3.05) is 6.54 Å². The predicted molar refractivity (Wildman–Crippen MR) is 83.0 cm³/mol. The molecule has 1 atom stereocenters. The van der Waals surface area contributed by atoms with E-state index in [0.717, 1.165) is 36.5 Å². The number of aromatic nitrogens is 4. The van der Waals surface area contributed by atoms with Crippen molar-refractivity contribution in [3.05, 3.63) is 30.4 Å². The van der Waals surface area contributed by atoms with E-state index in [1.165, 1.54) is 0 Å². The summed E-state index contributed by atoms with van der Waals surface area (Å²) in [5.41, 5.74) is 2.64. The zero-order valence-electron chi connectivity index (χ0n) is 13.2. The third kappa shape index (κ3) is 2.61. The van der Waals surface area contributed by atoms with Gasteiger partial charge in [-0.2, -0.15) is 5.10 Å². The molecule has 22 heavy (non-hydrogen) atoms. The second-order valence-electron chi connectivity index (χ2n) is 5.95. The van der Waals surface area contributed by atoms with Gasteiger partial charge in [-0.3, -0.25) is 19.4 Å². The van der Waals surface area contributed by atoms with Crippen LogP contribution in [0.2, 0.25) is 0 Å². The van der Waals surface area contributed by atoms with E-state index in [9.17, 15) is 4.79 Å². The van der Waals surface area contributed by atoms with Crippen molar-refractivity contribution in [1.82, 2.24) is 24.6 Å². The molecule has 0 unspecified atom stereocenters. The Bertz CT molecular complexity index is 661. The van der Waals surface area contributed by atoms with Gasteiger partial charge in [0.05, 0.1) is 29.8 Å². The van der Waals surface area contributed by atoms with Crippen LogP contribution in [0.3, 0.4) is 0 Å². The number of carbonyl (C=O) groups excluding carboxylic acids is 1. The van der Waals surface area contributed by atoms with E-state index in [1.54, 1.807) is 25.5 Å². The van der Waals surface area contributed by atoms with Gasteiger partial charge in [0.2, 0.25) is 5.91 Å². The second-order valence-corrected chi connectivity index (χ2v) is 5.95. The van der Waals surface area contributed by atoms with Crippen molar-refractivity contribution in [3.63, 3.8) is 0 Å². The van der Waals surface area contributed by atoms with Gasteiger partial charge in [0.25, 0.3) is 0 Å². The zero-order valence-corrected chi connectivity index (χ0v) is 13.2. The van der Waals surface area contributed by atoms with Gasteiger partial charge in [-0.05, 0) is 32.8 Å². The molecule has 0 bridgehead atoms. The standard InChI is InChI=1S/C16H21N5O/c1-11(2)21-16(6-7-19-21)14-10-17-13(9-18-14)15-5-4-8-20(15)12(3)22/h6-7,9-11,15H,4-5,8H2,1-3H3/t15-/m1/s1. The van der Waals surface area contributed by atoms with Crippen molar-refractivity contribution in [2.24, 2.45) is 0 Å². The highest BCUT2D eigenvalue weighted by atomic mass is 16.2. The Labute approximate surface area is 130 Å². The summed E-state index contributed by atoms with van der Waals surface area (Å²) >= 11 is 0.